The predicted octanol–water partition coefficient (Wildman–Crippen LogP) is 5.34. The number of barbiturate groups is 1. The summed E-state index contributed by atoms with van der Waals surface area (Å²) in [4.78, 5) is 38.4. The molecule has 150 valence electrons. The highest BCUT2D eigenvalue weighted by atomic mass is 79.9. The Balaban J connectivity index is 1.68. The average molecular weight is 486 g/mol. The van der Waals surface area contributed by atoms with Crippen LogP contribution in [0.5, 0.6) is 0 Å². The molecule has 4 amide bonds. The number of amides is 4. The fourth-order valence-electron chi connectivity index (χ4n) is 2.98. The van der Waals surface area contributed by atoms with Crippen molar-refractivity contribution in [2.75, 3.05) is 4.90 Å². The lowest BCUT2D eigenvalue weighted by atomic mass is 10.1. The van der Waals surface area contributed by atoms with Crippen molar-refractivity contribution in [3.05, 3.63) is 81.0 Å². The van der Waals surface area contributed by atoms with E-state index >= 15 is 0 Å². The summed E-state index contributed by atoms with van der Waals surface area (Å²) >= 11 is 9.53. The lowest BCUT2D eigenvalue weighted by Gasteiger charge is -2.26. The van der Waals surface area contributed by atoms with E-state index in [0.29, 0.717) is 16.5 Å². The summed E-state index contributed by atoms with van der Waals surface area (Å²) in [6, 6.07) is 14.8. The molecule has 1 saturated heterocycles. The van der Waals surface area contributed by atoms with E-state index in [2.05, 4.69) is 21.2 Å². The molecule has 8 heteroatoms. The third kappa shape index (κ3) is 3.81. The Morgan fingerprint density at radius 2 is 1.87 bits per heavy atom. The van der Waals surface area contributed by atoms with Gasteiger partial charge < -0.3 is 4.42 Å². The largest absolute Gasteiger partial charge is 0.457 e. The van der Waals surface area contributed by atoms with Gasteiger partial charge in [-0.15, -0.1) is 0 Å². The van der Waals surface area contributed by atoms with Gasteiger partial charge in [0.2, 0.25) is 0 Å². The van der Waals surface area contributed by atoms with E-state index in [1.807, 2.05) is 24.3 Å². The highest BCUT2D eigenvalue weighted by Gasteiger charge is 2.37. The van der Waals surface area contributed by atoms with Crippen LogP contribution < -0.4 is 10.2 Å². The van der Waals surface area contributed by atoms with Gasteiger partial charge in [0.05, 0.1) is 5.69 Å². The quantitative estimate of drug-likeness (QED) is 0.401. The lowest BCUT2D eigenvalue weighted by Crippen LogP contribution is -2.54. The normalized spacial score (nSPS) is 15.6. The van der Waals surface area contributed by atoms with Crippen LogP contribution in [0.3, 0.4) is 0 Å². The highest BCUT2D eigenvalue weighted by Crippen LogP contribution is 2.29. The minimum Gasteiger partial charge on any atom is -0.457 e. The van der Waals surface area contributed by atoms with Gasteiger partial charge in [0.1, 0.15) is 17.1 Å². The molecule has 0 atom stereocenters. The van der Waals surface area contributed by atoms with E-state index in [1.165, 1.54) is 12.1 Å². The van der Waals surface area contributed by atoms with Gasteiger partial charge in [-0.05, 0) is 55.0 Å². The molecule has 0 saturated carbocycles. The summed E-state index contributed by atoms with van der Waals surface area (Å²) in [5.74, 6) is -0.672. The second-order valence-electron chi connectivity index (χ2n) is 6.60. The summed E-state index contributed by atoms with van der Waals surface area (Å²) in [6.45, 7) is 1.80. The first-order valence-electron chi connectivity index (χ1n) is 8.87. The Labute approximate surface area is 185 Å². The number of halogens is 2. The van der Waals surface area contributed by atoms with E-state index in [0.717, 1.165) is 20.5 Å². The second-order valence-corrected chi connectivity index (χ2v) is 7.93. The molecule has 0 unspecified atom stereocenters. The van der Waals surface area contributed by atoms with E-state index in [-0.39, 0.29) is 11.3 Å². The molecule has 0 radical (unpaired) electrons. The number of hydrogen-bond acceptors (Lipinski definition) is 4. The number of rotatable bonds is 3. The summed E-state index contributed by atoms with van der Waals surface area (Å²) in [6.07, 6.45) is 1.31. The van der Waals surface area contributed by atoms with Gasteiger partial charge in [0, 0.05) is 15.1 Å². The van der Waals surface area contributed by atoms with Crippen LogP contribution in [0.4, 0.5) is 10.5 Å². The maximum Gasteiger partial charge on any atom is 0.335 e. The van der Waals surface area contributed by atoms with Gasteiger partial charge >= 0.3 is 6.03 Å². The third-order valence-corrected chi connectivity index (χ3v) is 5.44. The lowest BCUT2D eigenvalue weighted by molar-refractivity contribution is -0.122. The predicted molar refractivity (Wildman–Crippen MR) is 117 cm³/mol. The van der Waals surface area contributed by atoms with Crippen LogP contribution in [0.1, 0.15) is 11.3 Å². The smallest absolute Gasteiger partial charge is 0.335 e. The number of benzene rings is 2. The molecular formula is C22H14BrClN2O4. The number of urea groups is 1. The molecule has 30 heavy (non-hydrogen) atoms. The minimum absolute atomic E-state index is 0.221. The first kappa shape index (κ1) is 20.1. The first-order valence-corrected chi connectivity index (χ1v) is 10.0. The molecule has 1 fully saturated rings. The number of nitrogens with one attached hydrogen (secondary N) is 1. The van der Waals surface area contributed by atoms with Crippen molar-refractivity contribution in [1.29, 1.82) is 0 Å². The first-order chi connectivity index (χ1) is 14.3. The van der Waals surface area contributed by atoms with E-state index in [1.54, 1.807) is 31.2 Å². The molecule has 1 aliphatic heterocycles. The molecule has 0 bridgehead atoms. The van der Waals surface area contributed by atoms with Crippen LogP contribution in [0.15, 0.2) is 69.1 Å². The Kier molecular flexibility index (Phi) is 5.32. The topological polar surface area (TPSA) is 79.6 Å². The zero-order valence-electron chi connectivity index (χ0n) is 15.6. The Morgan fingerprint density at radius 1 is 1.07 bits per heavy atom. The van der Waals surface area contributed by atoms with E-state index in [9.17, 15) is 14.4 Å². The summed E-state index contributed by atoms with van der Waals surface area (Å²) in [5.41, 5.74) is 1.68. The van der Waals surface area contributed by atoms with Crippen LogP contribution in [-0.2, 0) is 9.59 Å². The highest BCUT2D eigenvalue weighted by molar-refractivity contribution is 9.10. The molecule has 1 aliphatic rings. The number of carbonyl (C=O) groups excluding carboxylic acids is 3. The molecule has 4 rings (SSSR count). The van der Waals surface area contributed by atoms with Crippen molar-refractivity contribution in [2.45, 2.75) is 6.92 Å². The van der Waals surface area contributed by atoms with Crippen LogP contribution in [0.25, 0.3) is 17.4 Å². The number of hydrogen-bond donors (Lipinski definition) is 1. The van der Waals surface area contributed by atoms with Crippen LogP contribution >= 0.6 is 27.5 Å². The average Bonchev–Trinajstić information content (AvgIpc) is 3.16. The summed E-state index contributed by atoms with van der Waals surface area (Å²) in [7, 11) is 0. The zero-order valence-corrected chi connectivity index (χ0v) is 18.0. The molecule has 1 aromatic heterocycles. The Hall–Kier alpha value is -3.16. The van der Waals surface area contributed by atoms with Crippen molar-refractivity contribution in [1.82, 2.24) is 5.32 Å². The molecule has 6 nitrogen and oxygen atoms in total. The fraction of sp³-hybridized carbons (Fsp3) is 0.0455. The van der Waals surface area contributed by atoms with Crippen molar-refractivity contribution < 1.29 is 18.8 Å². The van der Waals surface area contributed by atoms with Crippen LogP contribution in [0.2, 0.25) is 5.02 Å². The molecule has 3 aromatic rings. The number of furan rings is 1. The minimum atomic E-state index is -0.837. The van der Waals surface area contributed by atoms with E-state index < -0.39 is 17.8 Å². The number of nitrogens with zero attached hydrogens (tertiary/aromatic N) is 1. The van der Waals surface area contributed by atoms with E-state index in [4.69, 9.17) is 16.0 Å². The fourth-order valence-corrected chi connectivity index (χ4v) is 3.56. The van der Waals surface area contributed by atoms with Crippen molar-refractivity contribution in [3.63, 3.8) is 0 Å². The zero-order chi connectivity index (χ0) is 21.4. The van der Waals surface area contributed by atoms with Crippen molar-refractivity contribution in [2.24, 2.45) is 0 Å². The van der Waals surface area contributed by atoms with Crippen LogP contribution in [0, 0.1) is 6.92 Å². The molecular weight excluding hydrogens is 472 g/mol. The van der Waals surface area contributed by atoms with Crippen molar-refractivity contribution >= 4 is 57.1 Å². The molecule has 2 heterocycles. The number of carbonyl (C=O) groups is 3. The third-order valence-electron chi connectivity index (χ3n) is 4.54. The maximum absolute atomic E-state index is 13.0. The van der Waals surface area contributed by atoms with Gasteiger partial charge in [0.15, 0.2) is 0 Å². The van der Waals surface area contributed by atoms with Gasteiger partial charge in [-0.1, -0.05) is 45.7 Å². The van der Waals surface area contributed by atoms with Crippen LogP contribution in [-0.4, -0.2) is 17.8 Å². The molecule has 1 N–H and O–H groups in total. The monoisotopic (exact) mass is 484 g/mol. The summed E-state index contributed by atoms with van der Waals surface area (Å²) in [5, 5.41) is 2.58. The van der Waals surface area contributed by atoms with Gasteiger partial charge in [-0.3, -0.25) is 14.9 Å². The SMILES string of the molecule is Cc1ccc(N2C(=O)NC(=O)/C(=C/c3ccc(-c4cccc(Br)c4)o3)C2=O)cc1Cl. The molecule has 0 spiro atoms. The van der Waals surface area contributed by atoms with Gasteiger partial charge in [-0.2, -0.15) is 0 Å². The molecule has 2 aromatic carbocycles. The molecule has 0 aliphatic carbocycles. The second kappa shape index (κ2) is 7.93. The number of anilines is 1. The number of aryl methyl sites for hydroxylation is 1. The number of imide groups is 2. The summed E-state index contributed by atoms with van der Waals surface area (Å²) < 4.78 is 6.67. The Morgan fingerprint density at radius 3 is 2.60 bits per heavy atom. The Bertz CT molecular complexity index is 1230. The van der Waals surface area contributed by atoms with Gasteiger partial charge in [-0.25, -0.2) is 9.69 Å². The maximum atomic E-state index is 13.0. The standard InChI is InChI=1S/C22H14BrClN2O4/c1-12-5-6-15(10-18(12)24)26-21(28)17(20(27)25-22(26)29)11-16-7-8-19(30-16)13-3-2-4-14(23)9-13/h2-11H,1H3,(H,25,27,29)/b17-11-. The van der Waals surface area contributed by atoms with Gasteiger partial charge in [0.25, 0.3) is 11.8 Å². The van der Waals surface area contributed by atoms with Crippen molar-refractivity contribution in [3.8, 4) is 11.3 Å².